The van der Waals surface area contributed by atoms with Gasteiger partial charge in [-0.2, -0.15) is 15.7 Å². The van der Waals surface area contributed by atoms with Crippen molar-refractivity contribution in [2.24, 2.45) is 0 Å². The van der Waals surface area contributed by atoms with Crippen molar-refractivity contribution in [1.29, 1.82) is 0 Å². The topological polar surface area (TPSA) is 68.7 Å². The van der Waals surface area contributed by atoms with Gasteiger partial charge in [-0.15, -0.1) is 6.42 Å². The van der Waals surface area contributed by atoms with Crippen LogP contribution >= 0.6 is 11.6 Å². The first-order valence-corrected chi connectivity index (χ1v) is 8.30. The van der Waals surface area contributed by atoms with Crippen molar-refractivity contribution < 1.29 is 86.0 Å². The predicted molar refractivity (Wildman–Crippen MR) is 90.1 cm³/mol. The zero-order chi connectivity index (χ0) is 19.6. The molecule has 10 heteroatoms. The van der Waals surface area contributed by atoms with Crippen molar-refractivity contribution in [3.05, 3.63) is 28.8 Å². The minimum Gasteiger partial charge on any atom is -0.444 e. The molecule has 0 bridgehead atoms. The van der Waals surface area contributed by atoms with Crippen molar-refractivity contribution in [2.45, 2.75) is 52.4 Å². The molecule has 27 heavy (non-hydrogen) atoms. The Hall–Kier alpha value is -0.155. The molecule has 1 aliphatic rings. The number of alkyl halides is 2. The standard InChI is InChI=1S/C17H20ClF2N2O4.Rb/c1-9-7-11(23)13(22(8-9)16(24)26-17(2,3)4)10-5-6-12(21-14(10)18)25-15(19)20;/h5-6,13,15H,7-8H2,1-4H3;/q-1;+1/t13-;/m0./s1. The number of carbonyl (C=O) groups excluding carboxylic acids is 2. The van der Waals surface area contributed by atoms with Crippen LogP contribution in [0.1, 0.15) is 45.7 Å². The van der Waals surface area contributed by atoms with Gasteiger partial charge in [0.25, 0.3) is 0 Å². The van der Waals surface area contributed by atoms with Gasteiger partial charge in [0.15, 0.2) is 0 Å². The van der Waals surface area contributed by atoms with Crippen LogP contribution in [0, 0.1) is 5.92 Å². The van der Waals surface area contributed by atoms with Crippen molar-refractivity contribution >= 4 is 23.5 Å². The molecular formula is C17H20ClF2N2O4Rb. The molecule has 0 N–H and O–H groups in total. The number of likely N-dealkylation sites (tertiary alicyclic amines) is 1. The van der Waals surface area contributed by atoms with Crippen molar-refractivity contribution in [3.63, 3.8) is 0 Å². The molecule has 1 fully saturated rings. The quantitative estimate of drug-likeness (QED) is 0.486. The second-order valence-electron chi connectivity index (χ2n) is 7.02. The number of rotatable bonds is 3. The summed E-state index contributed by atoms with van der Waals surface area (Å²) >= 11 is 6.08. The summed E-state index contributed by atoms with van der Waals surface area (Å²) in [6.07, 6.45) is -0.492. The molecule has 1 aliphatic heterocycles. The number of hydrogen-bond donors (Lipinski definition) is 0. The Morgan fingerprint density at radius 3 is 2.56 bits per heavy atom. The number of nitrogens with zero attached hydrogens (tertiary/aromatic N) is 2. The fraction of sp³-hybridized carbons (Fsp3) is 0.529. The van der Waals surface area contributed by atoms with Gasteiger partial charge >= 0.3 is 70.9 Å². The molecule has 0 spiro atoms. The van der Waals surface area contributed by atoms with E-state index in [4.69, 9.17) is 16.3 Å². The smallest absolute Gasteiger partial charge is 0.444 e. The number of pyridine rings is 1. The summed E-state index contributed by atoms with van der Waals surface area (Å²) in [7, 11) is 0. The molecule has 1 saturated heterocycles. The maximum absolute atomic E-state index is 12.6. The molecule has 144 valence electrons. The maximum Gasteiger partial charge on any atom is 1.00 e. The average molecular weight is 475 g/mol. The first-order valence-electron chi connectivity index (χ1n) is 7.93. The van der Waals surface area contributed by atoms with Gasteiger partial charge in [0.1, 0.15) is 22.6 Å². The van der Waals surface area contributed by atoms with Gasteiger partial charge in [-0.3, -0.25) is 10.7 Å². The van der Waals surface area contributed by atoms with Gasteiger partial charge < -0.3 is 14.4 Å². The van der Waals surface area contributed by atoms with Crippen LogP contribution in [0.25, 0.3) is 0 Å². The Bertz CT molecular complexity index is 700. The molecule has 1 amide bonds. The van der Waals surface area contributed by atoms with E-state index in [2.05, 4.69) is 9.72 Å². The van der Waals surface area contributed by atoms with Crippen LogP contribution in [0.4, 0.5) is 13.6 Å². The van der Waals surface area contributed by atoms with Crippen LogP contribution < -0.4 is 62.9 Å². The maximum atomic E-state index is 12.6. The first kappa shape index (κ1) is 24.9. The third-order valence-corrected chi connectivity index (χ3v) is 3.82. The van der Waals surface area contributed by atoms with Gasteiger partial charge in [-0.05, 0) is 26.8 Å². The van der Waals surface area contributed by atoms with Crippen LogP contribution in [0.3, 0.4) is 0 Å². The molecule has 0 aliphatic carbocycles. The van der Waals surface area contributed by atoms with Crippen LogP contribution in [-0.2, 0) is 9.53 Å². The van der Waals surface area contributed by atoms with E-state index >= 15 is 0 Å². The Morgan fingerprint density at radius 1 is 1.41 bits per heavy atom. The van der Waals surface area contributed by atoms with Crippen LogP contribution in [0.15, 0.2) is 12.1 Å². The number of hydrogen-bond acceptors (Lipinski definition) is 5. The zero-order valence-corrected chi connectivity index (χ0v) is 21.6. The molecule has 1 aromatic heterocycles. The number of amides is 1. The number of aromatic nitrogens is 1. The molecule has 0 unspecified atom stereocenters. The van der Waals surface area contributed by atoms with Crippen molar-refractivity contribution in [1.82, 2.24) is 9.88 Å². The number of ketones is 1. The summed E-state index contributed by atoms with van der Waals surface area (Å²) < 4.78 is 34.2. The molecule has 1 aromatic rings. The summed E-state index contributed by atoms with van der Waals surface area (Å²) in [5.74, 6) is 0.174. The summed E-state index contributed by atoms with van der Waals surface area (Å²) in [6.45, 7) is 4.09. The minimum atomic E-state index is -3.05. The molecular weight excluding hydrogens is 455 g/mol. The first-order chi connectivity index (χ1) is 12.0. The van der Waals surface area contributed by atoms with Gasteiger partial charge in [0.05, 0.1) is 0 Å². The van der Waals surface area contributed by atoms with Gasteiger partial charge in [-0.25, -0.2) is 9.78 Å². The van der Waals surface area contributed by atoms with E-state index < -0.39 is 24.3 Å². The number of halogens is 3. The Balaban J connectivity index is 0.00000364. The zero-order valence-electron chi connectivity index (χ0n) is 15.9. The summed E-state index contributed by atoms with van der Waals surface area (Å²) in [5, 5.41) is -0.186. The van der Waals surface area contributed by atoms with E-state index in [1.165, 1.54) is 17.0 Å². The van der Waals surface area contributed by atoms with Crippen molar-refractivity contribution in [3.8, 4) is 5.88 Å². The third-order valence-electron chi connectivity index (χ3n) is 3.52. The van der Waals surface area contributed by atoms with Gasteiger partial charge in [0, 0.05) is 11.6 Å². The monoisotopic (exact) mass is 474 g/mol. The number of piperidine rings is 1. The summed E-state index contributed by atoms with van der Waals surface area (Å²) in [5.41, 5.74) is -0.510. The van der Waals surface area contributed by atoms with E-state index in [1.54, 1.807) is 27.7 Å². The Labute approximate surface area is 210 Å². The van der Waals surface area contributed by atoms with Crippen molar-refractivity contribution in [2.75, 3.05) is 6.54 Å². The second-order valence-corrected chi connectivity index (χ2v) is 7.38. The SMILES string of the molecule is C[C-]1CC(=O)[C@H](c2ccc(OC(F)F)nc2Cl)N(C(=O)OC(C)(C)C)C1.[Rb+]. The van der Waals surface area contributed by atoms with Crippen LogP contribution in [0.5, 0.6) is 5.88 Å². The number of ether oxygens (including phenoxy) is 2. The number of carbonyl (C=O) groups is 2. The molecule has 2 heterocycles. The largest absolute Gasteiger partial charge is 1.00 e. The molecule has 1 atom stereocenters. The van der Waals surface area contributed by atoms with Crippen LogP contribution in [0.2, 0.25) is 5.15 Å². The minimum absolute atomic E-state index is 0. The van der Waals surface area contributed by atoms with E-state index in [-0.39, 0.29) is 93.5 Å². The molecule has 2 rings (SSSR count). The molecule has 0 aromatic carbocycles. The van der Waals surface area contributed by atoms with Gasteiger partial charge in [0.2, 0.25) is 5.88 Å². The third kappa shape index (κ3) is 6.99. The number of Topliss-reactive ketones (excluding diaryl/α,β-unsaturated/α-hetero) is 1. The molecule has 0 saturated carbocycles. The molecule has 0 radical (unpaired) electrons. The average Bonchev–Trinajstić information content (AvgIpc) is 2.45. The fourth-order valence-corrected chi connectivity index (χ4v) is 2.88. The summed E-state index contributed by atoms with van der Waals surface area (Å²) in [6, 6.07) is 1.53. The Morgan fingerprint density at radius 2 is 2.04 bits per heavy atom. The summed E-state index contributed by atoms with van der Waals surface area (Å²) in [4.78, 5) is 30.2. The van der Waals surface area contributed by atoms with Gasteiger partial charge in [-0.1, -0.05) is 18.1 Å². The molecule has 6 nitrogen and oxygen atoms in total. The van der Waals surface area contributed by atoms with E-state index in [1.807, 2.05) is 0 Å². The normalized spacial score (nSPS) is 18.3. The van der Waals surface area contributed by atoms with E-state index in [0.29, 0.717) is 0 Å². The fourth-order valence-electron chi connectivity index (χ4n) is 2.63. The van der Waals surface area contributed by atoms with E-state index in [0.717, 1.165) is 5.92 Å². The predicted octanol–water partition coefficient (Wildman–Crippen LogP) is 1.19. The van der Waals surface area contributed by atoms with Crippen LogP contribution in [-0.4, -0.2) is 40.5 Å². The van der Waals surface area contributed by atoms with E-state index in [9.17, 15) is 18.4 Å². The second kappa shape index (κ2) is 10.0. The Kier molecular flexibility index (Phi) is 9.26.